The lowest BCUT2D eigenvalue weighted by molar-refractivity contribution is 0.0988. The summed E-state index contributed by atoms with van der Waals surface area (Å²) in [6.45, 7) is 7.38. The van der Waals surface area contributed by atoms with Gasteiger partial charge in [-0.15, -0.1) is 24.8 Å². The first kappa shape index (κ1) is 15.5. The van der Waals surface area contributed by atoms with Crippen molar-refractivity contribution >= 4 is 24.8 Å². The molecule has 1 heterocycles. The molecule has 0 spiro atoms. The standard InChI is InChI=1S/C11H22N2.2ClH/c1-10-4-2-3-5-11(10)13-8-6-12-7-9-13;;/h10-12H,2-9H2,1H3;2*1H. The van der Waals surface area contributed by atoms with Gasteiger partial charge in [0.1, 0.15) is 0 Å². The van der Waals surface area contributed by atoms with Gasteiger partial charge in [-0.2, -0.15) is 0 Å². The Morgan fingerprint density at radius 2 is 1.60 bits per heavy atom. The van der Waals surface area contributed by atoms with Crippen LogP contribution >= 0.6 is 24.8 Å². The van der Waals surface area contributed by atoms with Gasteiger partial charge < -0.3 is 5.32 Å². The van der Waals surface area contributed by atoms with Gasteiger partial charge in [-0.3, -0.25) is 4.90 Å². The fraction of sp³-hybridized carbons (Fsp3) is 1.00. The van der Waals surface area contributed by atoms with E-state index >= 15 is 0 Å². The number of piperazine rings is 1. The zero-order valence-corrected chi connectivity index (χ0v) is 11.2. The second kappa shape index (κ2) is 7.72. The molecule has 2 fully saturated rings. The highest BCUT2D eigenvalue weighted by Gasteiger charge is 2.27. The highest BCUT2D eigenvalue weighted by atomic mass is 35.5. The lowest BCUT2D eigenvalue weighted by Crippen LogP contribution is -2.51. The molecule has 1 saturated carbocycles. The Morgan fingerprint density at radius 1 is 1.00 bits per heavy atom. The number of nitrogens with zero attached hydrogens (tertiary/aromatic N) is 1. The van der Waals surface area contributed by atoms with Crippen molar-refractivity contribution in [1.82, 2.24) is 10.2 Å². The Hall–Kier alpha value is 0.500. The largest absolute Gasteiger partial charge is 0.314 e. The van der Waals surface area contributed by atoms with E-state index in [-0.39, 0.29) is 24.8 Å². The molecule has 2 rings (SSSR count). The smallest absolute Gasteiger partial charge is 0.0122 e. The zero-order valence-electron chi connectivity index (χ0n) is 9.58. The second-order valence-electron chi connectivity index (χ2n) is 4.62. The SMILES string of the molecule is CC1CCCCC1N1CCNCC1.Cl.Cl. The Bertz CT molecular complexity index is 161. The summed E-state index contributed by atoms with van der Waals surface area (Å²) in [6.07, 6.45) is 5.82. The normalized spacial score (nSPS) is 32.6. The van der Waals surface area contributed by atoms with Crippen molar-refractivity contribution < 1.29 is 0 Å². The van der Waals surface area contributed by atoms with E-state index in [1.54, 1.807) is 0 Å². The summed E-state index contributed by atoms with van der Waals surface area (Å²) in [5.41, 5.74) is 0. The van der Waals surface area contributed by atoms with Gasteiger partial charge in [0.05, 0.1) is 0 Å². The average Bonchev–Trinajstić information content (AvgIpc) is 2.20. The highest BCUT2D eigenvalue weighted by Crippen LogP contribution is 2.27. The third-order valence-electron chi connectivity index (χ3n) is 3.69. The van der Waals surface area contributed by atoms with Crippen molar-refractivity contribution in [2.75, 3.05) is 26.2 Å². The van der Waals surface area contributed by atoms with E-state index in [9.17, 15) is 0 Å². The van der Waals surface area contributed by atoms with Crippen LogP contribution < -0.4 is 5.32 Å². The first-order valence-electron chi connectivity index (χ1n) is 5.82. The predicted octanol–water partition coefficient (Wildman–Crippen LogP) is 2.31. The van der Waals surface area contributed by atoms with E-state index in [2.05, 4.69) is 17.1 Å². The Balaban J connectivity index is 0.000000980. The minimum Gasteiger partial charge on any atom is -0.314 e. The molecule has 1 aliphatic heterocycles. The summed E-state index contributed by atoms with van der Waals surface area (Å²) >= 11 is 0. The van der Waals surface area contributed by atoms with E-state index in [4.69, 9.17) is 0 Å². The van der Waals surface area contributed by atoms with Gasteiger partial charge in [0, 0.05) is 32.2 Å². The number of nitrogens with one attached hydrogen (secondary N) is 1. The molecule has 92 valence electrons. The number of hydrogen-bond donors (Lipinski definition) is 1. The van der Waals surface area contributed by atoms with Gasteiger partial charge in [0.25, 0.3) is 0 Å². The predicted molar refractivity (Wildman–Crippen MR) is 70.4 cm³/mol. The van der Waals surface area contributed by atoms with Crippen molar-refractivity contribution in [3.63, 3.8) is 0 Å². The molecular weight excluding hydrogens is 231 g/mol. The molecule has 1 aliphatic carbocycles. The van der Waals surface area contributed by atoms with E-state index < -0.39 is 0 Å². The van der Waals surface area contributed by atoms with Crippen LogP contribution in [0.25, 0.3) is 0 Å². The van der Waals surface area contributed by atoms with Crippen LogP contribution in [0.1, 0.15) is 32.6 Å². The topological polar surface area (TPSA) is 15.3 Å². The first-order valence-corrected chi connectivity index (χ1v) is 5.82. The van der Waals surface area contributed by atoms with Gasteiger partial charge in [0.15, 0.2) is 0 Å². The molecule has 1 N–H and O–H groups in total. The maximum atomic E-state index is 3.43. The van der Waals surface area contributed by atoms with Crippen LogP contribution in [0.15, 0.2) is 0 Å². The minimum absolute atomic E-state index is 0. The van der Waals surface area contributed by atoms with Crippen molar-refractivity contribution in [2.24, 2.45) is 5.92 Å². The summed E-state index contributed by atoms with van der Waals surface area (Å²) in [7, 11) is 0. The van der Waals surface area contributed by atoms with Gasteiger partial charge >= 0.3 is 0 Å². The van der Waals surface area contributed by atoms with Crippen molar-refractivity contribution in [2.45, 2.75) is 38.6 Å². The molecule has 15 heavy (non-hydrogen) atoms. The van der Waals surface area contributed by atoms with Crippen molar-refractivity contribution in [3.8, 4) is 0 Å². The van der Waals surface area contributed by atoms with Crippen LogP contribution in [-0.2, 0) is 0 Å². The summed E-state index contributed by atoms with van der Waals surface area (Å²) in [5.74, 6) is 0.937. The van der Waals surface area contributed by atoms with Crippen LogP contribution in [-0.4, -0.2) is 37.1 Å². The second-order valence-corrected chi connectivity index (χ2v) is 4.62. The first-order chi connectivity index (χ1) is 6.38. The molecule has 2 aliphatic rings. The quantitative estimate of drug-likeness (QED) is 0.773. The van der Waals surface area contributed by atoms with Crippen LogP contribution in [0.2, 0.25) is 0 Å². The Labute approximate surface area is 106 Å². The molecule has 0 aromatic carbocycles. The Kier molecular flexibility index (Phi) is 7.98. The average molecular weight is 255 g/mol. The third kappa shape index (κ3) is 4.10. The van der Waals surface area contributed by atoms with Gasteiger partial charge in [0.2, 0.25) is 0 Å². The molecule has 0 aromatic heterocycles. The van der Waals surface area contributed by atoms with Crippen LogP contribution in [0.3, 0.4) is 0 Å². The summed E-state index contributed by atoms with van der Waals surface area (Å²) in [4.78, 5) is 2.71. The monoisotopic (exact) mass is 254 g/mol. The number of hydrogen-bond acceptors (Lipinski definition) is 2. The maximum Gasteiger partial charge on any atom is 0.0122 e. The zero-order chi connectivity index (χ0) is 9.10. The summed E-state index contributed by atoms with van der Waals surface area (Å²) in [6, 6.07) is 0.899. The molecule has 0 radical (unpaired) electrons. The summed E-state index contributed by atoms with van der Waals surface area (Å²) < 4.78 is 0. The van der Waals surface area contributed by atoms with Gasteiger partial charge in [-0.25, -0.2) is 0 Å². The summed E-state index contributed by atoms with van der Waals surface area (Å²) in [5, 5.41) is 3.43. The van der Waals surface area contributed by atoms with Crippen molar-refractivity contribution in [1.29, 1.82) is 0 Å². The van der Waals surface area contributed by atoms with Crippen molar-refractivity contribution in [3.05, 3.63) is 0 Å². The fourth-order valence-corrected chi connectivity index (χ4v) is 2.85. The minimum atomic E-state index is 0. The Morgan fingerprint density at radius 3 is 2.20 bits per heavy atom. The molecule has 0 aromatic rings. The van der Waals surface area contributed by atoms with Crippen LogP contribution in [0.4, 0.5) is 0 Å². The molecule has 4 heteroatoms. The van der Waals surface area contributed by atoms with E-state index in [1.807, 2.05) is 0 Å². The third-order valence-corrected chi connectivity index (χ3v) is 3.69. The van der Waals surface area contributed by atoms with E-state index in [1.165, 1.54) is 51.9 Å². The molecule has 2 unspecified atom stereocenters. The fourth-order valence-electron chi connectivity index (χ4n) is 2.85. The molecule has 0 bridgehead atoms. The number of halogens is 2. The molecule has 1 saturated heterocycles. The molecule has 2 nitrogen and oxygen atoms in total. The molecule has 0 amide bonds. The van der Waals surface area contributed by atoms with E-state index in [0.717, 1.165) is 12.0 Å². The van der Waals surface area contributed by atoms with Gasteiger partial charge in [-0.1, -0.05) is 19.8 Å². The highest BCUT2D eigenvalue weighted by molar-refractivity contribution is 5.85. The van der Waals surface area contributed by atoms with Gasteiger partial charge in [-0.05, 0) is 18.8 Å². The maximum absolute atomic E-state index is 3.43. The van der Waals surface area contributed by atoms with Crippen LogP contribution in [0.5, 0.6) is 0 Å². The van der Waals surface area contributed by atoms with Crippen LogP contribution in [0, 0.1) is 5.92 Å². The molecular formula is C11H24Cl2N2. The lowest BCUT2D eigenvalue weighted by atomic mass is 9.84. The number of rotatable bonds is 1. The van der Waals surface area contributed by atoms with E-state index in [0.29, 0.717) is 0 Å². The lowest BCUT2D eigenvalue weighted by Gasteiger charge is -2.40. The molecule has 2 atom stereocenters.